The van der Waals surface area contributed by atoms with E-state index in [9.17, 15) is 9.59 Å². The van der Waals surface area contributed by atoms with E-state index in [1.807, 2.05) is 19.1 Å². The Kier molecular flexibility index (Phi) is 4.42. The lowest BCUT2D eigenvalue weighted by Crippen LogP contribution is -2.22. The number of rotatable bonds is 6. The fourth-order valence-electron chi connectivity index (χ4n) is 3.12. The summed E-state index contributed by atoms with van der Waals surface area (Å²) in [6.45, 7) is 1.95. The second kappa shape index (κ2) is 7.27. The number of benzene rings is 1. The summed E-state index contributed by atoms with van der Waals surface area (Å²) in [5.41, 5.74) is 2.08. The average molecular weight is 421 g/mol. The highest BCUT2D eigenvalue weighted by Crippen LogP contribution is 2.32. The Bertz CT molecular complexity index is 1250. The molecule has 1 aliphatic heterocycles. The second-order valence-electron chi connectivity index (χ2n) is 7.31. The number of nitrogens with one attached hydrogen (secondary N) is 3. The molecule has 0 unspecified atom stereocenters. The molecule has 3 aromatic rings. The summed E-state index contributed by atoms with van der Waals surface area (Å²) in [6, 6.07) is 5.37. The number of fused-ring (bicyclic) bond motifs is 1. The van der Waals surface area contributed by atoms with Crippen LogP contribution in [0.2, 0.25) is 0 Å². The molecule has 1 aromatic carbocycles. The van der Waals surface area contributed by atoms with Gasteiger partial charge in [0, 0.05) is 11.6 Å². The van der Waals surface area contributed by atoms with Crippen molar-refractivity contribution in [2.75, 3.05) is 12.4 Å². The fourth-order valence-corrected chi connectivity index (χ4v) is 3.12. The van der Waals surface area contributed by atoms with E-state index in [0.29, 0.717) is 34.7 Å². The quantitative estimate of drug-likeness (QED) is 0.407. The minimum absolute atomic E-state index is 0.0952. The minimum Gasteiger partial charge on any atom is -0.493 e. The zero-order chi connectivity index (χ0) is 21.5. The first kappa shape index (κ1) is 18.9. The molecular weight excluding hydrogens is 402 g/mol. The third-order valence-electron chi connectivity index (χ3n) is 4.83. The molecule has 3 heterocycles. The molecule has 2 aromatic heterocycles. The van der Waals surface area contributed by atoms with Crippen LogP contribution in [0.4, 0.5) is 10.7 Å². The molecule has 0 atom stereocenters. The number of carbonyl (C=O) groups excluding carboxylic acids is 2. The van der Waals surface area contributed by atoms with Crippen molar-refractivity contribution in [1.82, 2.24) is 30.2 Å². The van der Waals surface area contributed by atoms with E-state index in [1.165, 1.54) is 6.08 Å². The van der Waals surface area contributed by atoms with Crippen molar-refractivity contribution in [2.45, 2.75) is 25.8 Å². The molecule has 2 aliphatic rings. The van der Waals surface area contributed by atoms with Gasteiger partial charge in [0.25, 0.3) is 5.91 Å². The van der Waals surface area contributed by atoms with Gasteiger partial charge >= 0.3 is 12.0 Å². The predicted molar refractivity (Wildman–Crippen MR) is 110 cm³/mol. The number of carbonyl (C=O) groups is 2. The van der Waals surface area contributed by atoms with E-state index in [4.69, 9.17) is 9.47 Å². The number of methoxy groups -OCH3 is 1. The summed E-state index contributed by atoms with van der Waals surface area (Å²) in [6.07, 6.45) is 5.13. The van der Waals surface area contributed by atoms with Gasteiger partial charge in [0.15, 0.2) is 17.1 Å². The number of anilines is 1. The van der Waals surface area contributed by atoms with Crippen molar-refractivity contribution in [3.63, 3.8) is 0 Å². The number of hydrogen-bond donors (Lipinski definition) is 3. The first-order chi connectivity index (χ1) is 15.0. The van der Waals surface area contributed by atoms with Crippen LogP contribution in [0.1, 0.15) is 24.0 Å². The van der Waals surface area contributed by atoms with Crippen molar-refractivity contribution in [2.24, 2.45) is 0 Å². The Morgan fingerprint density at radius 3 is 2.74 bits per heavy atom. The van der Waals surface area contributed by atoms with E-state index < -0.39 is 11.9 Å². The number of aromatic nitrogens is 4. The van der Waals surface area contributed by atoms with Gasteiger partial charge in [0.2, 0.25) is 5.95 Å². The molecule has 11 heteroatoms. The van der Waals surface area contributed by atoms with Crippen LogP contribution in [0.3, 0.4) is 0 Å². The third kappa shape index (κ3) is 3.72. The second-order valence-corrected chi connectivity index (χ2v) is 7.31. The van der Waals surface area contributed by atoms with Crippen LogP contribution in [0.5, 0.6) is 17.5 Å². The van der Waals surface area contributed by atoms with Gasteiger partial charge in [0.1, 0.15) is 5.70 Å². The van der Waals surface area contributed by atoms with Crippen LogP contribution in [0, 0.1) is 6.92 Å². The highest BCUT2D eigenvalue weighted by molar-refractivity contribution is 6.14. The molecule has 2 fully saturated rings. The lowest BCUT2D eigenvalue weighted by Gasteiger charge is -2.12. The highest BCUT2D eigenvalue weighted by atomic mass is 16.5. The summed E-state index contributed by atoms with van der Waals surface area (Å²) >= 11 is 0. The molecule has 0 radical (unpaired) electrons. The molecule has 1 aliphatic carbocycles. The number of urea groups is 1. The molecule has 11 nitrogen and oxygen atoms in total. The van der Waals surface area contributed by atoms with Gasteiger partial charge in [-0.2, -0.15) is 19.6 Å². The Hall–Kier alpha value is -4.15. The number of imide groups is 1. The van der Waals surface area contributed by atoms with Crippen molar-refractivity contribution in [1.29, 1.82) is 0 Å². The Morgan fingerprint density at radius 2 is 2.03 bits per heavy atom. The lowest BCUT2D eigenvalue weighted by atomic mass is 10.2. The summed E-state index contributed by atoms with van der Waals surface area (Å²) in [5, 5.41) is 12.3. The molecule has 1 saturated heterocycles. The number of ether oxygens (including phenoxy) is 2. The number of aryl methyl sites for hydroxylation is 1. The van der Waals surface area contributed by atoms with Crippen LogP contribution in [-0.4, -0.2) is 44.7 Å². The zero-order valence-corrected chi connectivity index (χ0v) is 16.8. The zero-order valence-electron chi connectivity index (χ0n) is 16.8. The third-order valence-corrected chi connectivity index (χ3v) is 4.83. The van der Waals surface area contributed by atoms with Crippen LogP contribution in [0.25, 0.3) is 11.7 Å². The largest absolute Gasteiger partial charge is 0.493 e. The number of nitrogens with zero attached hydrogens (tertiary/aromatic N) is 4. The van der Waals surface area contributed by atoms with Crippen LogP contribution in [-0.2, 0) is 4.79 Å². The maximum absolute atomic E-state index is 11.9. The average Bonchev–Trinajstić information content (AvgIpc) is 3.38. The van der Waals surface area contributed by atoms with Gasteiger partial charge < -0.3 is 20.1 Å². The fraction of sp³-hybridized carbons (Fsp3) is 0.250. The first-order valence-electron chi connectivity index (χ1n) is 9.69. The van der Waals surface area contributed by atoms with E-state index in [1.54, 1.807) is 23.9 Å². The first-order valence-corrected chi connectivity index (χ1v) is 9.69. The van der Waals surface area contributed by atoms with E-state index in [-0.39, 0.29) is 11.7 Å². The molecule has 158 valence electrons. The number of amides is 3. The standard InChI is InChI=1S/C20H19N7O4/c1-10-3-6-14(15(7-10)30-2)31-20-24-16-11(8-13-17(28)25-19(29)23-13)9-21-27(16)18(26-20)22-12-4-5-12/h3,6-9,12H,4-5H2,1-2H3,(H,22,24,26)(H2,23,25,28,29)/b13-8-. The van der Waals surface area contributed by atoms with Gasteiger partial charge in [-0.15, -0.1) is 0 Å². The maximum Gasteiger partial charge on any atom is 0.327 e. The van der Waals surface area contributed by atoms with Gasteiger partial charge in [-0.3, -0.25) is 10.1 Å². The van der Waals surface area contributed by atoms with Gasteiger partial charge in [-0.25, -0.2) is 4.79 Å². The lowest BCUT2D eigenvalue weighted by molar-refractivity contribution is -0.115. The molecule has 3 amide bonds. The van der Waals surface area contributed by atoms with Crippen LogP contribution >= 0.6 is 0 Å². The molecule has 1 saturated carbocycles. The van der Waals surface area contributed by atoms with Crippen LogP contribution in [0.15, 0.2) is 30.1 Å². The summed E-state index contributed by atoms with van der Waals surface area (Å²) in [7, 11) is 1.56. The van der Waals surface area contributed by atoms with Crippen LogP contribution < -0.4 is 25.4 Å². The van der Waals surface area contributed by atoms with E-state index in [0.717, 1.165) is 18.4 Å². The van der Waals surface area contributed by atoms with Gasteiger partial charge in [-0.1, -0.05) is 6.07 Å². The van der Waals surface area contributed by atoms with Gasteiger partial charge in [0.05, 0.1) is 13.3 Å². The molecule has 0 spiro atoms. The summed E-state index contributed by atoms with van der Waals surface area (Å²) < 4.78 is 12.9. The predicted octanol–water partition coefficient (Wildman–Crippen LogP) is 1.99. The van der Waals surface area contributed by atoms with Crippen molar-refractivity contribution in [3.8, 4) is 17.5 Å². The molecule has 5 rings (SSSR count). The summed E-state index contributed by atoms with van der Waals surface area (Å²) in [5.74, 6) is 0.978. The topological polar surface area (TPSA) is 132 Å². The maximum atomic E-state index is 11.9. The Labute approximate surface area is 176 Å². The Balaban J connectivity index is 1.58. The van der Waals surface area contributed by atoms with E-state index >= 15 is 0 Å². The minimum atomic E-state index is -0.575. The Morgan fingerprint density at radius 1 is 1.19 bits per heavy atom. The molecule has 3 N–H and O–H groups in total. The van der Waals surface area contributed by atoms with Gasteiger partial charge in [-0.05, 0) is 43.5 Å². The molecular formula is C20H19N7O4. The van der Waals surface area contributed by atoms with Crippen molar-refractivity contribution >= 4 is 29.6 Å². The monoisotopic (exact) mass is 421 g/mol. The smallest absolute Gasteiger partial charge is 0.327 e. The SMILES string of the molecule is COc1cc(C)ccc1Oc1nc(NC2CC2)n2ncc(/C=C3\NC(=O)NC3=O)c2n1. The van der Waals surface area contributed by atoms with E-state index in [2.05, 4.69) is 31.0 Å². The normalized spacial score (nSPS) is 17.0. The molecule has 0 bridgehead atoms. The van der Waals surface area contributed by atoms with Crippen molar-refractivity contribution in [3.05, 3.63) is 41.2 Å². The number of hydrogen-bond acceptors (Lipinski definition) is 8. The highest BCUT2D eigenvalue weighted by Gasteiger charge is 2.26. The summed E-state index contributed by atoms with van der Waals surface area (Å²) in [4.78, 5) is 32.3. The van der Waals surface area contributed by atoms with Crippen molar-refractivity contribution < 1.29 is 19.1 Å². The molecule has 31 heavy (non-hydrogen) atoms.